The van der Waals surface area contributed by atoms with Gasteiger partial charge in [-0.3, -0.25) is 0 Å². The van der Waals surface area contributed by atoms with Crippen LogP contribution in [0.15, 0.2) is 0 Å². The van der Waals surface area contributed by atoms with Crippen LogP contribution in [0.4, 0.5) is 18.0 Å². The van der Waals surface area contributed by atoms with Crippen LogP contribution in [0.25, 0.3) is 0 Å². The molecule has 96 valence electrons. The maximum atomic E-state index is 12.0. The van der Waals surface area contributed by atoms with E-state index in [1.54, 1.807) is 20.8 Å². The van der Waals surface area contributed by atoms with E-state index in [1.165, 1.54) is 0 Å². The van der Waals surface area contributed by atoms with Crippen LogP contribution >= 0.6 is 0 Å². The molecule has 1 atom stereocenters. The number of rotatable bonds is 3. The van der Waals surface area contributed by atoms with E-state index in [-0.39, 0.29) is 13.0 Å². The van der Waals surface area contributed by atoms with E-state index in [2.05, 4.69) is 5.32 Å². The third kappa shape index (κ3) is 7.33. The van der Waals surface area contributed by atoms with E-state index < -0.39 is 23.9 Å². The summed E-state index contributed by atoms with van der Waals surface area (Å²) in [5.74, 6) is 0. The van der Waals surface area contributed by atoms with Crippen LogP contribution in [0.3, 0.4) is 0 Å². The van der Waals surface area contributed by atoms with Crippen LogP contribution < -0.4 is 11.1 Å². The third-order valence-corrected chi connectivity index (χ3v) is 1.54. The number of halogens is 3. The molecule has 0 heterocycles. The van der Waals surface area contributed by atoms with Crippen molar-refractivity contribution < 1.29 is 22.7 Å². The van der Waals surface area contributed by atoms with Crippen molar-refractivity contribution in [2.45, 2.75) is 45.0 Å². The molecule has 0 aliphatic heterocycles. The lowest BCUT2D eigenvalue weighted by Gasteiger charge is -2.20. The average Bonchev–Trinajstić information content (AvgIpc) is 1.98. The number of alkyl halides is 3. The second kappa shape index (κ2) is 5.38. The lowest BCUT2D eigenvalue weighted by atomic mass is 10.2. The number of ether oxygens (including phenoxy) is 1. The molecule has 0 bridgehead atoms. The molecule has 0 aliphatic carbocycles. The minimum atomic E-state index is -4.43. The fourth-order valence-electron chi connectivity index (χ4n) is 0.808. The van der Waals surface area contributed by atoms with Gasteiger partial charge in [0.25, 0.3) is 0 Å². The summed E-state index contributed by atoms with van der Waals surface area (Å²) < 4.78 is 40.8. The molecule has 0 saturated carbocycles. The molecular weight excluding hydrogens is 225 g/mol. The van der Waals surface area contributed by atoms with Crippen LogP contribution in [0.1, 0.15) is 27.2 Å². The normalized spacial score (nSPS) is 14.4. The lowest BCUT2D eigenvalue weighted by Crippen LogP contribution is -2.41. The quantitative estimate of drug-likeness (QED) is 0.793. The van der Waals surface area contributed by atoms with Crippen molar-refractivity contribution >= 4 is 6.09 Å². The Morgan fingerprint density at radius 3 is 2.25 bits per heavy atom. The zero-order valence-electron chi connectivity index (χ0n) is 9.52. The molecule has 7 heteroatoms. The number of hydrogen-bond donors (Lipinski definition) is 2. The molecule has 0 fully saturated rings. The molecule has 0 aromatic carbocycles. The summed E-state index contributed by atoms with van der Waals surface area (Å²) in [6.45, 7) is 4.81. The Kier molecular flexibility index (Phi) is 5.05. The van der Waals surface area contributed by atoms with Gasteiger partial charge in [-0.1, -0.05) is 0 Å². The number of nitrogens with one attached hydrogen (secondary N) is 1. The van der Waals surface area contributed by atoms with Gasteiger partial charge in [-0.2, -0.15) is 13.2 Å². The van der Waals surface area contributed by atoms with E-state index in [1.807, 2.05) is 0 Å². The van der Waals surface area contributed by atoms with Gasteiger partial charge in [0.2, 0.25) is 0 Å². The Balaban J connectivity index is 3.79. The standard InChI is InChI=1S/C9H17F3N2O2/c1-8(2,3)16-7(15)14-5-4-6(13)9(10,11)12/h6H,4-5,13H2,1-3H3,(H,14,15)/t6-/m0/s1. The van der Waals surface area contributed by atoms with Crippen LogP contribution in [0.2, 0.25) is 0 Å². The van der Waals surface area contributed by atoms with E-state index in [0.717, 1.165) is 0 Å². The molecule has 0 aromatic heterocycles. The highest BCUT2D eigenvalue weighted by atomic mass is 19.4. The number of hydrogen-bond acceptors (Lipinski definition) is 3. The second-order valence-corrected chi connectivity index (χ2v) is 4.37. The van der Waals surface area contributed by atoms with E-state index in [0.29, 0.717) is 0 Å². The minimum absolute atomic E-state index is 0.171. The van der Waals surface area contributed by atoms with Gasteiger partial charge < -0.3 is 15.8 Å². The number of carbonyl (C=O) groups excluding carboxylic acids is 1. The molecule has 4 nitrogen and oxygen atoms in total. The number of carbonyl (C=O) groups is 1. The first-order chi connectivity index (χ1) is 7.02. The molecular formula is C9H17F3N2O2. The first-order valence-corrected chi connectivity index (χ1v) is 4.81. The van der Waals surface area contributed by atoms with Crippen molar-refractivity contribution in [1.29, 1.82) is 0 Å². The summed E-state index contributed by atoms with van der Waals surface area (Å²) in [6, 6.07) is -1.93. The molecule has 0 aromatic rings. The Hall–Kier alpha value is -0.980. The Labute approximate surface area is 92.3 Å². The summed E-state index contributed by atoms with van der Waals surface area (Å²) in [5, 5.41) is 2.20. The van der Waals surface area contributed by atoms with Crippen LogP contribution in [0, 0.1) is 0 Å². The Morgan fingerprint density at radius 1 is 1.38 bits per heavy atom. The molecule has 0 saturated heterocycles. The lowest BCUT2D eigenvalue weighted by molar-refractivity contribution is -0.148. The predicted molar refractivity (Wildman–Crippen MR) is 52.9 cm³/mol. The maximum absolute atomic E-state index is 12.0. The van der Waals surface area contributed by atoms with Gasteiger partial charge in [-0.15, -0.1) is 0 Å². The highest BCUT2D eigenvalue weighted by molar-refractivity contribution is 5.67. The van der Waals surface area contributed by atoms with Crippen molar-refractivity contribution in [3.63, 3.8) is 0 Å². The zero-order chi connectivity index (χ0) is 13.0. The fraction of sp³-hybridized carbons (Fsp3) is 0.889. The third-order valence-electron chi connectivity index (χ3n) is 1.54. The molecule has 0 rings (SSSR count). The van der Waals surface area contributed by atoms with Gasteiger partial charge >= 0.3 is 12.3 Å². The molecule has 0 aliphatic rings. The summed E-state index contributed by atoms with van der Waals surface area (Å²) in [5.41, 5.74) is 4.18. The highest BCUT2D eigenvalue weighted by Gasteiger charge is 2.36. The topological polar surface area (TPSA) is 64.3 Å². The van der Waals surface area contributed by atoms with Crippen molar-refractivity contribution in [3.05, 3.63) is 0 Å². The van der Waals surface area contributed by atoms with Crippen LogP contribution in [0.5, 0.6) is 0 Å². The van der Waals surface area contributed by atoms with Gasteiger partial charge in [0.15, 0.2) is 0 Å². The number of alkyl carbamates (subject to hydrolysis) is 1. The van der Waals surface area contributed by atoms with Gasteiger partial charge in [0.05, 0.1) is 0 Å². The summed E-state index contributed by atoms with van der Waals surface area (Å²) in [4.78, 5) is 11.0. The van der Waals surface area contributed by atoms with Crippen LogP contribution in [-0.4, -0.2) is 30.5 Å². The molecule has 0 radical (unpaired) electrons. The van der Waals surface area contributed by atoms with Gasteiger partial charge in [-0.25, -0.2) is 4.79 Å². The van der Waals surface area contributed by atoms with E-state index in [4.69, 9.17) is 10.5 Å². The van der Waals surface area contributed by atoms with E-state index >= 15 is 0 Å². The fourth-order valence-corrected chi connectivity index (χ4v) is 0.808. The highest BCUT2D eigenvalue weighted by Crippen LogP contribution is 2.20. The minimum Gasteiger partial charge on any atom is -0.444 e. The molecule has 0 spiro atoms. The second-order valence-electron chi connectivity index (χ2n) is 4.37. The summed E-state index contributed by atoms with van der Waals surface area (Å²) >= 11 is 0. The number of amides is 1. The summed E-state index contributed by atoms with van der Waals surface area (Å²) in [7, 11) is 0. The zero-order valence-corrected chi connectivity index (χ0v) is 9.52. The van der Waals surface area contributed by atoms with Crippen molar-refractivity contribution in [2.75, 3.05) is 6.54 Å². The van der Waals surface area contributed by atoms with E-state index in [9.17, 15) is 18.0 Å². The van der Waals surface area contributed by atoms with Gasteiger partial charge in [0.1, 0.15) is 11.6 Å². The molecule has 0 unspecified atom stereocenters. The Bertz CT molecular complexity index is 236. The summed E-state index contributed by atoms with van der Waals surface area (Å²) in [6.07, 6.45) is -5.56. The molecule has 16 heavy (non-hydrogen) atoms. The monoisotopic (exact) mass is 242 g/mol. The smallest absolute Gasteiger partial charge is 0.407 e. The average molecular weight is 242 g/mol. The van der Waals surface area contributed by atoms with Gasteiger partial charge in [-0.05, 0) is 27.2 Å². The predicted octanol–water partition coefficient (Wildman–Crippen LogP) is 1.79. The molecule has 1 amide bonds. The maximum Gasteiger partial charge on any atom is 0.407 e. The first-order valence-electron chi connectivity index (χ1n) is 4.81. The van der Waals surface area contributed by atoms with Crippen molar-refractivity contribution in [2.24, 2.45) is 5.73 Å². The SMILES string of the molecule is CC(C)(C)OC(=O)NCC[C@H](N)C(F)(F)F. The van der Waals surface area contributed by atoms with Crippen LogP contribution in [-0.2, 0) is 4.74 Å². The van der Waals surface area contributed by atoms with Crippen molar-refractivity contribution in [1.82, 2.24) is 5.32 Å². The largest absolute Gasteiger partial charge is 0.444 e. The van der Waals surface area contributed by atoms with Crippen molar-refractivity contribution in [3.8, 4) is 0 Å². The van der Waals surface area contributed by atoms with Gasteiger partial charge in [0, 0.05) is 6.54 Å². The Morgan fingerprint density at radius 2 is 1.88 bits per heavy atom. The molecule has 3 N–H and O–H groups in total. The number of nitrogens with two attached hydrogens (primary N) is 1. The first kappa shape index (κ1) is 15.0.